The van der Waals surface area contributed by atoms with Gasteiger partial charge in [-0.2, -0.15) is 26.3 Å². The van der Waals surface area contributed by atoms with Crippen molar-refractivity contribution in [2.75, 3.05) is 0 Å². The predicted octanol–water partition coefficient (Wildman–Crippen LogP) is 4.60. The van der Waals surface area contributed by atoms with E-state index in [2.05, 4.69) is 0 Å². The first-order chi connectivity index (χ1) is 7.50. The molecule has 0 aliphatic carbocycles. The van der Waals surface area contributed by atoms with E-state index in [1.807, 2.05) is 0 Å². The maximum absolute atomic E-state index is 13.1. The zero-order chi connectivity index (χ0) is 13.4. The van der Waals surface area contributed by atoms with E-state index in [0.717, 1.165) is 0 Å². The van der Waals surface area contributed by atoms with Crippen LogP contribution in [0.3, 0.4) is 0 Å². The molecule has 96 valence electrons. The van der Waals surface area contributed by atoms with Crippen molar-refractivity contribution >= 4 is 11.6 Å². The molecule has 0 bridgehead atoms. The molecule has 0 fully saturated rings. The average Bonchev–Trinajstić information content (AvgIpc) is 2.08. The van der Waals surface area contributed by atoms with Crippen LogP contribution in [0.1, 0.15) is 11.1 Å². The second kappa shape index (κ2) is 4.36. The Morgan fingerprint density at radius 2 is 1.53 bits per heavy atom. The molecular formula is C9H4ClF7. The van der Waals surface area contributed by atoms with Crippen LogP contribution in [0.15, 0.2) is 12.1 Å². The van der Waals surface area contributed by atoms with Crippen LogP contribution < -0.4 is 0 Å². The molecule has 0 aliphatic rings. The van der Waals surface area contributed by atoms with E-state index in [1.165, 1.54) is 0 Å². The van der Waals surface area contributed by atoms with Crippen LogP contribution in [0.25, 0.3) is 0 Å². The van der Waals surface area contributed by atoms with Gasteiger partial charge in [0.2, 0.25) is 0 Å². The Kier molecular flexibility index (Phi) is 3.61. The van der Waals surface area contributed by atoms with Crippen LogP contribution >= 0.6 is 11.6 Å². The molecule has 0 heterocycles. The minimum absolute atomic E-state index is 0.106. The molecule has 8 heteroatoms. The molecule has 0 N–H and O–H groups in total. The highest BCUT2D eigenvalue weighted by Gasteiger charge is 2.35. The van der Waals surface area contributed by atoms with Crippen LogP contribution in [0.5, 0.6) is 0 Å². The molecule has 0 aromatic heterocycles. The first kappa shape index (κ1) is 14.1. The van der Waals surface area contributed by atoms with Crippen LogP contribution in [0.2, 0.25) is 5.02 Å². The summed E-state index contributed by atoms with van der Waals surface area (Å²) < 4.78 is 85.8. The van der Waals surface area contributed by atoms with Gasteiger partial charge < -0.3 is 0 Å². The van der Waals surface area contributed by atoms with Gasteiger partial charge in [-0.15, -0.1) is 0 Å². The lowest BCUT2D eigenvalue weighted by atomic mass is 10.1. The fourth-order valence-corrected chi connectivity index (χ4v) is 1.39. The normalized spacial score (nSPS) is 12.9. The molecule has 0 unspecified atom stereocenters. The third-order valence-corrected chi connectivity index (χ3v) is 2.10. The van der Waals surface area contributed by atoms with E-state index in [4.69, 9.17) is 11.6 Å². The van der Waals surface area contributed by atoms with Gasteiger partial charge in [0.15, 0.2) is 0 Å². The summed E-state index contributed by atoms with van der Waals surface area (Å²) in [6, 6.07) is 0.353. The van der Waals surface area contributed by atoms with Gasteiger partial charge in [0, 0.05) is 0 Å². The van der Waals surface area contributed by atoms with Crippen LogP contribution in [0.4, 0.5) is 30.7 Å². The molecule has 0 atom stereocenters. The maximum Gasteiger partial charge on any atom is 0.416 e. The Balaban J connectivity index is 3.26. The molecule has 0 nitrogen and oxygen atoms in total. The first-order valence-corrected chi connectivity index (χ1v) is 4.50. The van der Waals surface area contributed by atoms with Crippen LogP contribution in [-0.2, 0) is 12.6 Å². The fraction of sp³-hybridized carbons (Fsp3) is 0.333. The summed E-state index contributed by atoms with van der Waals surface area (Å²) in [5, 5.41) is -0.987. The molecule has 1 aromatic rings. The van der Waals surface area contributed by atoms with Gasteiger partial charge in [-0.1, -0.05) is 11.6 Å². The van der Waals surface area contributed by atoms with E-state index in [1.54, 1.807) is 0 Å². The number of benzene rings is 1. The summed E-state index contributed by atoms with van der Waals surface area (Å²) >= 11 is 5.11. The standard InChI is InChI=1S/C9H4ClF7/c10-6-2-5(9(15,16)17)1-4(7(6)11)3-8(12,13)14/h1-2H,3H2. The molecule has 0 saturated heterocycles. The minimum Gasteiger partial charge on any atom is -0.205 e. The summed E-state index contributed by atoms with van der Waals surface area (Å²) in [5.74, 6) is -1.49. The largest absolute Gasteiger partial charge is 0.416 e. The van der Waals surface area contributed by atoms with E-state index >= 15 is 0 Å². The van der Waals surface area contributed by atoms with Crippen molar-refractivity contribution in [2.24, 2.45) is 0 Å². The second-order valence-electron chi connectivity index (χ2n) is 3.22. The number of rotatable bonds is 1. The summed E-state index contributed by atoms with van der Waals surface area (Å²) in [6.07, 6.45) is -11.5. The molecule has 0 saturated carbocycles. The number of hydrogen-bond acceptors (Lipinski definition) is 0. The molecule has 1 aromatic carbocycles. The van der Waals surface area contributed by atoms with Gasteiger partial charge in [0.05, 0.1) is 17.0 Å². The van der Waals surface area contributed by atoms with Crippen molar-refractivity contribution in [2.45, 2.75) is 18.8 Å². The molecule has 0 aliphatic heterocycles. The number of halogens is 8. The Hall–Kier alpha value is -0.980. The smallest absolute Gasteiger partial charge is 0.205 e. The summed E-state index contributed by atoms with van der Waals surface area (Å²) in [5.41, 5.74) is -2.54. The van der Waals surface area contributed by atoms with Crippen molar-refractivity contribution in [3.05, 3.63) is 34.1 Å². The van der Waals surface area contributed by atoms with Crippen molar-refractivity contribution in [3.8, 4) is 0 Å². The lowest BCUT2D eigenvalue weighted by Gasteiger charge is -2.12. The SMILES string of the molecule is Fc1c(Cl)cc(C(F)(F)F)cc1CC(F)(F)F. The number of alkyl halides is 6. The molecule has 17 heavy (non-hydrogen) atoms. The second-order valence-corrected chi connectivity index (χ2v) is 3.63. The van der Waals surface area contributed by atoms with Crippen molar-refractivity contribution < 1.29 is 30.7 Å². The Morgan fingerprint density at radius 3 is 1.94 bits per heavy atom. The van der Waals surface area contributed by atoms with Crippen LogP contribution in [0, 0.1) is 5.82 Å². The predicted molar refractivity (Wildman–Crippen MR) is 46.2 cm³/mol. The summed E-state index contributed by atoms with van der Waals surface area (Å²) in [4.78, 5) is 0. The van der Waals surface area contributed by atoms with Crippen molar-refractivity contribution in [3.63, 3.8) is 0 Å². The summed E-state index contributed by atoms with van der Waals surface area (Å²) in [7, 11) is 0. The monoisotopic (exact) mass is 280 g/mol. The van der Waals surface area contributed by atoms with Gasteiger partial charge in [0.1, 0.15) is 5.82 Å². The Labute approximate surface area is 96.0 Å². The lowest BCUT2D eigenvalue weighted by Crippen LogP contribution is -2.15. The van der Waals surface area contributed by atoms with E-state index in [0.29, 0.717) is 0 Å². The van der Waals surface area contributed by atoms with E-state index in [-0.39, 0.29) is 12.1 Å². The quantitative estimate of drug-likeness (QED) is 0.659. The van der Waals surface area contributed by atoms with Gasteiger partial charge in [-0.05, 0) is 17.7 Å². The molecule has 0 spiro atoms. The topological polar surface area (TPSA) is 0 Å². The minimum atomic E-state index is -4.88. The first-order valence-electron chi connectivity index (χ1n) is 4.12. The fourth-order valence-electron chi connectivity index (χ4n) is 1.15. The Morgan fingerprint density at radius 1 is 1.00 bits per heavy atom. The molecule has 0 amide bonds. The molecule has 1 rings (SSSR count). The van der Waals surface area contributed by atoms with Gasteiger partial charge in [0.25, 0.3) is 0 Å². The highest BCUT2D eigenvalue weighted by atomic mass is 35.5. The highest BCUT2D eigenvalue weighted by Crippen LogP contribution is 2.35. The molecule has 0 radical (unpaired) electrons. The van der Waals surface area contributed by atoms with E-state index < -0.39 is 40.7 Å². The third-order valence-electron chi connectivity index (χ3n) is 1.82. The van der Waals surface area contributed by atoms with Crippen LogP contribution in [-0.4, -0.2) is 6.18 Å². The lowest BCUT2D eigenvalue weighted by molar-refractivity contribution is -0.138. The average molecular weight is 281 g/mol. The molecular weight excluding hydrogens is 277 g/mol. The highest BCUT2D eigenvalue weighted by molar-refractivity contribution is 6.30. The number of hydrogen-bond donors (Lipinski definition) is 0. The third kappa shape index (κ3) is 3.76. The van der Waals surface area contributed by atoms with Crippen molar-refractivity contribution in [1.29, 1.82) is 0 Å². The summed E-state index contributed by atoms with van der Waals surface area (Å²) in [6.45, 7) is 0. The van der Waals surface area contributed by atoms with Gasteiger partial charge in [-0.3, -0.25) is 0 Å². The maximum atomic E-state index is 13.1. The van der Waals surface area contributed by atoms with E-state index in [9.17, 15) is 30.7 Å². The van der Waals surface area contributed by atoms with Crippen molar-refractivity contribution in [1.82, 2.24) is 0 Å². The zero-order valence-electron chi connectivity index (χ0n) is 7.89. The zero-order valence-corrected chi connectivity index (χ0v) is 8.64. The Bertz CT molecular complexity index is 419. The van der Waals surface area contributed by atoms with Gasteiger partial charge >= 0.3 is 12.4 Å². The van der Waals surface area contributed by atoms with Gasteiger partial charge in [-0.25, -0.2) is 4.39 Å².